The van der Waals surface area contributed by atoms with Gasteiger partial charge in [0, 0.05) is 6.42 Å². The molecule has 0 unspecified atom stereocenters. The largest absolute Gasteiger partial charge is 0.368 e. The molecule has 5 heteroatoms. The normalized spacial score (nSPS) is 10.3. The van der Waals surface area contributed by atoms with E-state index in [-0.39, 0.29) is 5.95 Å². The molecule has 0 aliphatic rings. The van der Waals surface area contributed by atoms with E-state index in [1.807, 2.05) is 36.6 Å². The molecule has 1 aromatic carbocycles. The summed E-state index contributed by atoms with van der Waals surface area (Å²) in [6, 6.07) is 10.1. The van der Waals surface area contributed by atoms with Crippen LogP contribution in [-0.4, -0.2) is 21.2 Å². The van der Waals surface area contributed by atoms with Gasteiger partial charge < -0.3 is 5.73 Å². The van der Waals surface area contributed by atoms with E-state index in [1.165, 1.54) is 17.3 Å². The number of nitrogens with two attached hydrogens (primary N) is 1. The Morgan fingerprint density at radius 1 is 1.12 bits per heavy atom. The zero-order chi connectivity index (χ0) is 11.4. The molecule has 16 heavy (non-hydrogen) atoms. The van der Waals surface area contributed by atoms with Crippen LogP contribution in [0.5, 0.6) is 0 Å². The topological polar surface area (TPSA) is 64.7 Å². The molecule has 2 rings (SSSR count). The lowest BCUT2D eigenvalue weighted by atomic mass is 10.1. The maximum atomic E-state index is 5.61. The van der Waals surface area contributed by atoms with E-state index >= 15 is 0 Å². The Labute approximate surface area is 98.3 Å². The van der Waals surface area contributed by atoms with Crippen LogP contribution in [0.1, 0.15) is 11.4 Å². The minimum atomic E-state index is 0.283. The van der Waals surface area contributed by atoms with E-state index < -0.39 is 0 Å². The third-order valence-corrected chi connectivity index (χ3v) is 2.61. The molecule has 2 aromatic rings. The average molecular weight is 232 g/mol. The van der Waals surface area contributed by atoms with E-state index in [0.717, 1.165) is 0 Å². The lowest BCUT2D eigenvalue weighted by Gasteiger charge is -2.02. The molecule has 0 saturated heterocycles. The maximum Gasteiger partial charge on any atom is 0.224 e. The highest BCUT2D eigenvalue weighted by Crippen LogP contribution is 2.11. The van der Waals surface area contributed by atoms with Gasteiger partial charge >= 0.3 is 0 Å². The number of aromatic nitrogens is 3. The third kappa shape index (κ3) is 2.70. The number of thioether (sulfide) groups is 1. The van der Waals surface area contributed by atoms with Crippen molar-refractivity contribution in [1.82, 2.24) is 15.0 Å². The van der Waals surface area contributed by atoms with Crippen LogP contribution in [0.3, 0.4) is 0 Å². The van der Waals surface area contributed by atoms with Crippen LogP contribution < -0.4 is 5.73 Å². The SMILES string of the molecule is CSc1nc(N)nc(Cc2ccccc2)n1. The molecule has 82 valence electrons. The Kier molecular flexibility index (Phi) is 3.36. The highest BCUT2D eigenvalue weighted by Gasteiger charge is 2.04. The molecule has 2 N–H and O–H groups in total. The summed E-state index contributed by atoms with van der Waals surface area (Å²) in [6.45, 7) is 0. The van der Waals surface area contributed by atoms with Crippen molar-refractivity contribution < 1.29 is 0 Å². The summed E-state index contributed by atoms with van der Waals surface area (Å²) in [4.78, 5) is 12.4. The Balaban J connectivity index is 2.24. The second-order valence-corrected chi connectivity index (χ2v) is 4.03. The standard InChI is InChI=1S/C11H12N4S/c1-16-11-14-9(13-10(12)15-11)7-8-5-3-2-4-6-8/h2-6H,7H2,1H3,(H2,12,13,14,15). The van der Waals surface area contributed by atoms with Crippen molar-refractivity contribution in [2.75, 3.05) is 12.0 Å². The summed E-state index contributed by atoms with van der Waals surface area (Å²) in [6.07, 6.45) is 2.60. The first kappa shape index (κ1) is 10.9. The van der Waals surface area contributed by atoms with Gasteiger partial charge in [0.2, 0.25) is 5.95 Å². The fourth-order valence-electron chi connectivity index (χ4n) is 1.36. The molecule has 0 aliphatic heterocycles. The van der Waals surface area contributed by atoms with Crippen molar-refractivity contribution in [1.29, 1.82) is 0 Å². The average Bonchev–Trinajstić information content (AvgIpc) is 2.29. The summed E-state index contributed by atoms with van der Waals surface area (Å²) in [7, 11) is 0. The first-order valence-corrected chi connectivity index (χ1v) is 6.09. The van der Waals surface area contributed by atoms with Gasteiger partial charge in [0.05, 0.1) is 0 Å². The zero-order valence-electron chi connectivity index (χ0n) is 8.92. The molecule has 0 amide bonds. The number of hydrogen-bond donors (Lipinski definition) is 1. The first-order valence-electron chi connectivity index (χ1n) is 4.86. The molecule has 0 spiro atoms. The molecule has 0 fully saturated rings. The van der Waals surface area contributed by atoms with E-state index in [9.17, 15) is 0 Å². The van der Waals surface area contributed by atoms with Crippen LogP contribution in [0.4, 0.5) is 5.95 Å². The Bertz CT molecular complexity index is 473. The Morgan fingerprint density at radius 2 is 1.88 bits per heavy atom. The molecule has 1 heterocycles. The fraction of sp³-hybridized carbons (Fsp3) is 0.182. The predicted octanol–water partition coefficient (Wildman–Crippen LogP) is 1.77. The molecule has 0 aliphatic carbocycles. The number of rotatable bonds is 3. The number of benzene rings is 1. The molecule has 0 saturated carbocycles. The molecule has 0 radical (unpaired) electrons. The highest BCUT2D eigenvalue weighted by molar-refractivity contribution is 7.98. The smallest absolute Gasteiger partial charge is 0.224 e. The van der Waals surface area contributed by atoms with Crippen molar-refractivity contribution in [3.63, 3.8) is 0 Å². The van der Waals surface area contributed by atoms with Crippen LogP contribution in [0.25, 0.3) is 0 Å². The lowest BCUT2D eigenvalue weighted by Crippen LogP contribution is -2.04. The van der Waals surface area contributed by atoms with E-state index in [2.05, 4.69) is 15.0 Å². The molecule has 0 atom stereocenters. The second kappa shape index (κ2) is 4.94. The highest BCUT2D eigenvalue weighted by atomic mass is 32.2. The summed E-state index contributed by atoms with van der Waals surface area (Å²) in [5, 5.41) is 0.665. The van der Waals surface area contributed by atoms with Gasteiger partial charge in [-0.3, -0.25) is 0 Å². The molecular formula is C11H12N4S. The van der Waals surface area contributed by atoms with Gasteiger partial charge in [-0.2, -0.15) is 9.97 Å². The van der Waals surface area contributed by atoms with Gasteiger partial charge in [-0.15, -0.1) is 0 Å². The van der Waals surface area contributed by atoms with Gasteiger partial charge in [-0.1, -0.05) is 42.1 Å². The first-order chi connectivity index (χ1) is 7.78. The van der Waals surface area contributed by atoms with E-state index in [4.69, 9.17) is 5.73 Å². The van der Waals surface area contributed by atoms with Crippen molar-refractivity contribution in [3.05, 3.63) is 41.7 Å². The third-order valence-electron chi connectivity index (χ3n) is 2.07. The van der Waals surface area contributed by atoms with Crippen LogP contribution in [0, 0.1) is 0 Å². The van der Waals surface area contributed by atoms with Crippen LogP contribution in [0.2, 0.25) is 0 Å². The van der Waals surface area contributed by atoms with E-state index in [0.29, 0.717) is 17.4 Å². The van der Waals surface area contributed by atoms with Crippen LogP contribution in [-0.2, 0) is 6.42 Å². The lowest BCUT2D eigenvalue weighted by molar-refractivity contribution is 0.839. The molecule has 4 nitrogen and oxygen atoms in total. The number of anilines is 1. The van der Waals surface area contributed by atoms with Gasteiger partial charge in [0.15, 0.2) is 5.16 Å². The Hall–Kier alpha value is -1.62. The number of nitrogen functional groups attached to an aromatic ring is 1. The van der Waals surface area contributed by atoms with Crippen molar-refractivity contribution in [3.8, 4) is 0 Å². The quantitative estimate of drug-likeness (QED) is 0.817. The zero-order valence-corrected chi connectivity index (χ0v) is 9.74. The summed E-state index contributed by atoms with van der Waals surface area (Å²) in [5.74, 6) is 0.994. The van der Waals surface area contributed by atoms with Gasteiger partial charge in [0.1, 0.15) is 5.82 Å². The maximum absolute atomic E-state index is 5.61. The van der Waals surface area contributed by atoms with Crippen molar-refractivity contribution >= 4 is 17.7 Å². The summed E-state index contributed by atoms with van der Waals surface area (Å²) < 4.78 is 0. The predicted molar refractivity (Wildman–Crippen MR) is 65.3 cm³/mol. The van der Waals surface area contributed by atoms with Gasteiger partial charge in [-0.05, 0) is 11.8 Å². The molecular weight excluding hydrogens is 220 g/mol. The van der Waals surface area contributed by atoms with Crippen molar-refractivity contribution in [2.24, 2.45) is 0 Å². The monoisotopic (exact) mass is 232 g/mol. The fourth-order valence-corrected chi connectivity index (χ4v) is 1.75. The molecule has 0 bridgehead atoms. The summed E-state index contributed by atoms with van der Waals surface area (Å²) in [5.41, 5.74) is 6.78. The minimum absolute atomic E-state index is 0.283. The minimum Gasteiger partial charge on any atom is -0.368 e. The second-order valence-electron chi connectivity index (χ2n) is 3.26. The molecule has 1 aromatic heterocycles. The van der Waals surface area contributed by atoms with Crippen LogP contribution in [0.15, 0.2) is 35.5 Å². The van der Waals surface area contributed by atoms with Crippen molar-refractivity contribution in [2.45, 2.75) is 11.6 Å². The Morgan fingerprint density at radius 3 is 2.56 bits per heavy atom. The van der Waals surface area contributed by atoms with Gasteiger partial charge in [-0.25, -0.2) is 4.98 Å². The van der Waals surface area contributed by atoms with E-state index in [1.54, 1.807) is 0 Å². The summed E-state index contributed by atoms with van der Waals surface area (Å²) >= 11 is 1.47. The number of nitrogens with zero attached hydrogens (tertiary/aromatic N) is 3. The number of hydrogen-bond acceptors (Lipinski definition) is 5. The van der Waals surface area contributed by atoms with Crippen LogP contribution >= 0.6 is 11.8 Å². The van der Waals surface area contributed by atoms with Gasteiger partial charge in [0.25, 0.3) is 0 Å².